The number of rotatable bonds is 1. The van der Waals surface area contributed by atoms with Crippen LogP contribution in [0.3, 0.4) is 0 Å². The first-order valence-corrected chi connectivity index (χ1v) is 6.31. The third kappa shape index (κ3) is 1.78. The van der Waals surface area contributed by atoms with Gasteiger partial charge in [0, 0.05) is 24.4 Å². The Kier molecular flexibility index (Phi) is 2.50. The molecule has 0 bridgehead atoms. The van der Waals surface area contributed by atoms with Gasteiger partial charge in [-0.3, -0.25) is 0 Å². The molecule has 0 spiro atoms. The molecule has 2 nitrogen and oxygen atoms in total. The summed E-state index contributed by atoms with van der Waals surface area (Å²) in [4.78, 5) is 4.23. The highest BCUT2D eigenvalue weighted by Crippen LogP contribution is 2.31. The summed E-state index contributed by atoms with van der Waals surface area (Å²) >= 11 is 0. The lowest BCUT2D eigenvalue weighted by Crippen LogP contribution is -2.18. The Hall–Kier alpha value is -1.57. The maximum absolute atomic E-state index is 4.23. The summed E-state index contributed by atoms with van der Waals surface area (Å²) < 4.78 is 2.30. The van der Waals surface area contributed by atoms with Crippen molar-refractivity contribution < 1.29 is 0 Å². The number of hydrogen-bond acceptors (Lipinski definition) is 1. The maximum atomic E-state index is 4.23. The fourth-order valence-corrected chi connectivity index (χ4v) is 2.84. The van der Waals surface area contributed by atoms with Crippen LogP contribution in [0.4, 0.5) is 0 Å². The Morgan fingerprint density at radius 2 is 2.18 bits per heavy atom. The van der Waals surface area contributed by atoms with Crippen molar-refractivity contribution in [2.24, 2.45) is 0 Å². The number of benzene rings is 1. The van der Waals surface area contributed by atoms with Crippen LogP contribution in [0.2, 0.25) is 0 Å². The second-order valence-corrected chi connectivity index (χ2v) is 5.06. The molecule has 2 aromatic rings. The lowest BCUT2D eigenvalue weighted by Gasteiger charge is -2.26. The van der Waals surface area contributed by atoms with Crippen molar-refractivity contribution in [1.82, 2.24) is 9.55 Å². The van der Waals surface area contributed by atoms with E-state index in [1.807, 2.05) is 12.5 Å². The van der Waals surface area contributed by atoms with Crippen LogP contribution < -0.4 is 0 Å². The summed E-state index contributed by atoms with van der Waals surface area (Å²) in [7, 11) is 0. The fraction of sp³-hybridized carbons (Fsp3) is 0.400. The first-order chi connectivity index (χ1) is 8.25. The van der Waals surface area contributed by atoms with Crippen LogP contribution in [-0.2, 0) is 13.0 Å². The van der Waals surface area contributed by atoms with Crippen LogP contribution in [0.25, 0.3) is 0 Å². The summed E-state index contributed by atoms with van der Waals surface area (Å²) in [6.07, 6.45) is 6.36. The fourth-order valence-electron chi connectivity index (χ4n) is 2.84. The van der Waals surface area contributed by atoms with Crippen LogP contribution in [0.1, 0.15) is 34.7 Å². The Morgan fingerprint density at radius 1 is 1.29 bits per heavy atom. The molecule has 0 amide bonds. The smallest absolute Gasteiger partial charge is 0.0948 e. The minimum atomic E-state index is 0.650. The molecule has 1 aliphatic rings. The number of aryl methyl sites for hydroxylation is 2. The number of imidazole rings is 1. The quantitative estimate of drug-likeness (QED) is 0.730. The van der Waals surface area contributed by atoms with E-state index in [0.29, 0.717) is 5.92 Å². The molecule has 1 atom stereocenters. The minimum absolute atomic E-state index is 0.650. The minimum Gasteiger partial charge on any atom is -0.334 e. The van der Waals surface area contributed by atoms with E-state index >= 15 is 0 Å². The van der Waals surface area contributed by atoms with Gasteiger partial charge in [-0.15, -0.1) is 0 Å². The highest BCUT2D eigenvalue weighted by Gasteiger charge is 2.21. The zero-order chi connectivity index (χ0) is 11.8. The number of fused-ring (bicyclic) bond motifs is 1. The van der Waals surface area contributed by atoms with E-state index in [0.717, 1.165) is 13.0 Å². The number of hydrogen-bond donors (Lipinski definition) is 0. The third-order valence-corrected chi connectivity index (χ3v) is 4.05. The van der Waals surface area contributed by atoms with Gasteiger partial charge in [0.15, 0.2) is 0 Å². The molecule has 88 valence electrons. The molecule has 1 aromatic heterocycles. The average Bonchev–Trinajstić information content (AvgIpc) is 2.79. The maximum Gasteiger partial charge on any atom is 0.0948 e. The monoisotopic (exact) mass is 226 g/mol. The molecule has 1 unspecified atom stereocenters. The average molecular weight is 226 g/mol. The van der Waals surface area contributed by atoms with Crippen molar-refractivity contribution >= 4 is 0 Å². The van der Waals surface area contributed by atoms with Gasteiger partial charge in [-0.25, -0.2) is 4.98 Å². The van der Waals surface area contributed by atoms with Gasteiger partial charge in [-0.1, -0.05) is 18.2 Å². The molecule has 0 N–H and O–H groups in total. The summed E-state index contributed by atoms with van der Waals surface area (Å²) in [5.41, 5.74) is 5.76. The molecule has 3 rings (SSSR count). The molecule has 1 aromatic carbocycles. The number of aromatic nitrogens is 2. The van der Waals surface area contributed by atoms with Crippen molar-refractivity contribution in [2.75, 3.05) is 0 Å². The standard InChI is InChI=1S/C15H18N2/c1-11-4-3-5-15(12(11)2)13-6-7-14-8-16-10-17(14)9-13/h3-5,8,10,13H,6-7,9H2,1-2H3. The second-order valence-electron chi connectivity index (χ2n) is 5.06. The van der Waals surface area contributed by atoms with E-state index in [9.17, 15) is 0 Å². The van der Waals surface area contributed by atoms with Gasteiger partial charge in [-0.05, 0) is 43.4 Å². The zero-order valence-corrected chi connectivity index (χ0v) is 10.5. The van der Waals surface area contributed by atoms with Gasteiger partial charge in [-0.2, -0.15) is 0 Å². The van der Waals surface area contributed by atoms with Crippen molar-refractivity contribution in [3.63, 3.8) is 0 Å². The normalized spacial score (nSPS) is 19.1. The van der Waals surface area contributed by atoms with Crippen molar-refractivity contribution in [2.45, 2.75) is 39.2 Å². The lowest BCUT2D eigenvalue weighted by molar-refractivity contribution is 0.461. The van der Waals surface area contributed by atoms with Gasteiger partial charge in [0.25, 0.3) is 0 Å². The summed E-state index contributed by atoms with van der Waals surface area (Å²) in [5, 5.41) is 0. The molecular weight excluding hydrogens is 208 g/mol. The van der Waals surface area contributed by atoms with E-state index in [-0.39, 0.29) is 0 Å². The zero-order valence-electron chi connectivity index (χ0n) is 10.5. The summed E-state index contributed by atoms with van der Waals surface area (Å²) in [6, 6.07) is 6.67. The van der Waals surface area contributed by atoms with E-state index in [1.54, 1.807) is 0 Å². The molecule has 0 saturated carbocycles. The molecule has 0 fully saturated rings. The lowest BCUT2D eigenvalue weighted by atomic mass is 9.87. The predicted octanol–water partition coefficient (Wildman–Crippen LogP) is 3.23. The van der Waals surface area contributed by atoms with E-state index < -0.39 is 0 Å². The van der Waals surface area contributed by atoms with Gasteiger partial charge in [0.2, 0.25) is 0 Å². The molecule has 0 radical (unpaired) electrons. The highest BCUT2D eigenvalue weighted by molar-refractivity contribution is 5.36. The topological polar surface area (TPSA) is 17.8 Å². The molecule has 0 saturated heterocycles. The van der Waals surface area contributed by atoms with E-state index in [2.05, 4.69) is 41.6 Å². The Morgan fingerprint density at radius 3 is 3.06 bits per heavy atom. The molecule has 17 heavy (non-hydrogen) atoms. The van der Waals surface area contributed by atoms with Gasteiger partial charge in [0.1, 0.15) is 0 Å². The SMILES string of the molecule is Cc1cccc(C2CCc3cncn3C2)c1C. The first kappa shape index (κ1) is 10.6. The predicted molar refractivity (Wildman–Crippen MR) is 69.2 cm³/mol. The molecule has 0 aliphatic carbocycles. The van der Waals surface area contributed by atoms with E-state index in [1.165, 1.54) is 28.8 Å². The largest absolute Gasteiger partial charge is 0.334 e. The molecule has 2 heteroatoms. The molecule has 1 aliphatic heterocycles. The third-order valence-electron chi connectivity index (χ3n) is 4.05. The van der Waals surface area contributed by atoms with Gasteiger partial charge in [0.05, 0.1) is 6.33 Å². The van der Waals surface area contributed by atoms with Crippen LogP contribution in [0.15, 0.2) is 30.7 Å². The first-order valence-electron chi connectivity index (χ1n) is 6.31. The van der Waals surface area contributed by atoms with Gasteiger partial charge < -0.3 is 4.57 Å². The van der Waals surface area contributed by atoms with Crippen LogP contribution in [0, 0.1) is 13.8 Å². The van der Waals surface area contributed by atoms with Crippen molar-refractivity contribution in [1.29, 1.82) is 0 Å². The van der Waals surface area contributed by atoms with Crippen LogP contribution >= 0.6 is 0 Å². The highest BCUT2D eigenvalue weighted by atomic mass is 15.1. The Bertz CT molecular complexity index is 540. The second kappa shape index (κ2) is 4.02. The van der Waals surface area contributed by atoms with Crippen molar-refractivity contribution in [3.8, 4) is 0 Å². The summed E-state index contributed by atoms with van der Waals surface area (Å²) in [6.45, 7) is 5.53. The molecular formula is C15H18N2. The van der Waals surface area contributed by atoms with Gasteiger partial charge >= 0.3 is 0 Å². The van der Waals surface area contributed by atoms with E-state index in [4.69, 9.17) is 0 Å². The number of nitrogens with zero attached hydrogens (tertiary/aromatic N) is 2. The Balaban J connectivity index is 1.94. The summed E-state index contributed by atoms with van der Waals surface area (Å²) in [5.74, 6) is 0.650. The molecule has 2 heterocycles. The van der Waals surface area contributed by atoms with Crippen LogP contribution in [-0.4, -0.2) is 9.55 Å². The Labute approximate surface area is 102 Å². The van der Waals surface area contributed by atoms with Crippen LogP contribution in [0.5, 0.6) is 0 Å². The van der Waals surface area contributed by atoms with Crippen molar-refractivity contribution in [3.05, 3.63) is 53.1 Å².